The van der Waals surface area contributed by atoms with E-state index in [-0.39, 0.29) is 23.9 Å². The van der Waals surface area contributed by atoms with Gasteiger partial charge in [-0.05, 0) is 49.3 Å². The molecular weight excluding hydrogens is 306 g/mol. The second kappa shape index (κ2) is 6.91. The second-order valence-corrected chi connectivity index (χ2v) is 6.26. The molecule has 0 spiro atoms. The third-order valence-electron chi connectivity index (χ3n) is 4.58. The van der Waals surface area contributed by atoms with Gasteiger partial charge in [0, 0.05) is 6.42 Å². The number of carbonyl (C=O) groups excluding carboxylic acids is 1. The van der Waals surface area contributed by atoms with E-state index in [1.165, 1.54) is 17.2 Å². The van der Waals surface area contributed by atoms with Gasteiger partial charge < -0.3 is 14.8 Å². The Morgan fingerprint density at radius 2 is 2.12 bits per heavy atom. The van der Waals surface area contributed by atoms with Crippen LogP contribution in [0.1, 0.15) is 58.2 Å². The summed E-state index contributed by atoms with van der Waals surface area (Å²) in [6.07, 6.45) is 3.65. The summed E-state index contributed by atoms with van der Waals surface area (Å²) in [6, 6.07) is 9.78. The van der Waals surface area contributed by atoms with Gasteiger partial charge in [-0.25, -0.2) is 4.79 Å². The topological polar surface area (TPSA) is 79.5 Å². The van der Waals surface area contributed by atoms with Gasteiger partial charge >= 0.3 is 5.97 Å². The molecule has 0 radical (unpaired) electrons. The number of nitrogens with one attached hydrogen (secondary N) is 1. The summed E-state index contributed by atoms with van der Waals surface area (Å²) >= 11 is 0. The van der Waals surface area contributed by atoms with Gasteiger partial charge in [-0.1, -0.05) is 24.3 Å². The van der Waals surface area contributed by atoms with Crippen LogP contribution in [-0.2, 0) is 17.8 Å². The highest BCUT2D eigenvalue weighted by atomic mass is 16.4. The van der Waals surface area contributed by atoms with E-state index in [1.54, 1.807) is 6.92 Å². The van der Waals surface area contributed by atoms with Crippen molar-refractivity contribution in [2.45, 2.75) is 45.1 Å². The highest BCUT2D eigenvalue weighted by molar-refractivity contribution is 5.88. The number of rotatable bonds is 5. The third kappa shape index (κ3) is 3.50. The van der Waals surface area contributed by atoms with E-state index >= 15 is 0 Å². The van der Waals surface area contributed by atoms with Gasteiger partial charge in [0.25, 0.3) is 0 Å². The molecule has 5 heteroatoms. The first-order chi connectivity index (χ1) is 11.5. The lowest BCUT2D eigenvalue weighted by atomic mass is 9.81. The van der Waals surface area contributed by atoms with Crippen LogP contribution in [0.5, 0.6) is 0 Å². The van der Waals surface area contributed by atoms with Crippen molar-refractivity contribution < 1.29 is 19.1 Å². The zero-order chi connectivity index (χ0) is 17.1. The van der Waals surface area contributed by atoms with Gasteiger partial charge in [-0.15, -0.1) is 0 Å². The Hall–Kier alpha value is -2.56. The molecular formula is C19H21NO4. The number of carboxylic acid groups (broad SMARTS) is 1. The van der Waals surface area contributed by atoms with E-state index < -0.39 is 5.97 Å². The zero-order valence-corrected chi connectivity index (χ0v) is 13.7. The van der Waals surface area contributed by atoms with Gasteiger partial charge in [0.05, 0.1) is 6.54 Å². The van der Waals surface area contributed by atoms with Crippen molar-refractivity contribution in [3.63, 3.8) is 0 Å². The van der Waals surface area contributed by atoms with Crippen LogP contribution in [0.2, 0.25) is 0 Å². The predicted octanol–water partition coefficient (Wildman–Crippen LogP) is 3.41. The first-order valence-corrected chi connectivity index (χ1v) is 8.21. The fraction of sp³-hybridized carbons (Fsp3) is 0.368. The first-order valence-electron chi connectivity index (χ1n) is 8.21. The minimum Gasteiger partial charge on any atom is -0.478 e. The Balaban J connectivity index is 1.59. The molecule has 126 valence electrons. The van der Waals surface area contributed by atoms with Crippen LogP contribution in [0, 0.1) is 6.92 Å². The average molecular weight is 327 g/mol. The Kier molecular flexibility index (Phi) is 4.69. The summed E-state index contributed by atoms with van der Waals surface area (Å²) in [7, 11) is 0. The average Bonchev–Trinajstić information content (AvgIpc) is 2.94. The number of hydrogen-bond acceptors (Lipinski definition) is 3. The van der Waals surface area contributed by atoms with Crippen LogP contribution < -0.4 is 5.32 Å². The maximum atomic E-state index is 12.3. The van der Waals surface area contributed by atoms with Gasteiger partial charge in [0.1, 0.15) is 17.1 Å². The SMILES string of the molecule is Cc1oc(CNC(=O)CC2CCCc3ccccc32)cc1C(=O)O. The molecule has 0 saturated heterocycles. The van der Waals surface area contributed by atoms with Crippen LogP contribution in [0.15, 0.2) is 34.7 Å². The van der Waals surface area contributed by atoms with Gasteiger partial charge in [0.15, 0.2) is 0 Å². The van der Waals surface area contributed by atoms with Crippen LogP contribution >= 0.6 is 0 Å². The number of carbonyl (C=O) groups is 2. The number of aryl methyl sites for hydroxylation is 2. The summed E-state index contributed by atoms with van der Waals surface area (Å²) < 4.78 is 5.38. The molecule has 1 aromatic heterocycles. The quantitative estimate of drug-likeness (QED) is 0.882. The molecule has 1 amide bonds. The number of aromatic carboxylic acids is 1. The van der Waals surface area contributed by atoms with Crippen molar-refractivity contribution in [3.05, 3.63) is 58.5 Å². The van der Waals surface area contributed by atoms with E-state index in [0.29, 0.717) is 17.9 Å². The lowest BCUT2D eigenvalue weighted by Crippen LogP contribution is -2.25. The van der Waals surface area contributed by atoms with Crippen molar-refractivity contribution in [1.29, 1.82) is 0 Å². The molecule has 3 rings (SSSR count). The van der Waals surface area contributed by atoms with E-state index in [0.717, 1.165) is 19.3 Å². The minimum absolute atomic E-state index is 0.0392. The lowest BCUT2D eigenvalue weighted by Gasteiger charge is -2.24. The summed E-state index contributed by atoms with van der Waals surface area (Å²) in [4.78, 5) is 23.3. The Morgan fingerprint density at radius 3 is 2.88 bits per heavy atom. The minimum atomic E-state index is -1.02. The smallest absolute Gasteiger partial charge is 0.339 e. The molecule has 0 aliphatic heterocycles. The van der Waals surface area contributed by atoms with Crippen LogP contribution in [0.3, 0.4) is 0 Å². The van der Waals surface area contributed by atoms with Gasteiger partial charge in [-0.2, -0.15) is 0 Å². The molecule has 24 heavy (non-hydrogen) atoms. The molecule has 1 unspecified atom stereocenters. The number of benzene rings is 1. The van der Waals surface area contributed by atoms with Crippen LogP contribution in [-0.4, -0.2) is 17.0 Å². The van der Waals surface area contributed by atoms with E-state index in [2.05, 4.69) is 17.4 Å². The summed E-state index contributed by atoms with van der Waals surface area (Å²) in [5.74, 6) is 0.00777. The summed E-state index contributed by atoms with van der Waals surface area (Å²) in [5.41, 5.74) is 2.76. The standard InChI is InChI=1S/C19H21NO4/c1-12-17(19(22)23)10-15(24-12)11-20-18(21)9-14-7-4-6-13-5-2-3-8-16(13)14/h2-3,5,8,10,14H,4,6-7,9,11H2,1H3,(H,20,21)(H,22,23). The largest absolute Gasteiger partial charge is 0.478 e. The zero-order valence-electron chi connectivity index (χ0n) is 13.7. The van der Waals surface area contributed by atoms with Crippen LogP contribution in [0.25, 0.3) is 0 Å². The molecule has 1 atom stereocenters. The number of carboxylic acids is 1. The van der Waals surface area contributed by atoms with E-state index in [9.17, 15) is 9.59 Å². The monoisotopic (exact) mass is 327 g/mol. The number of amides is 1. The molecule has 0 fully saturated rings. The Bertz CT molecular complexity index is 762. The molecule has 1 aliphatic rings. The predicted molar refractivity (Wildman–Crippen MR) is 89.0 cm³/mol. The van der Waals surface area contributed by atoms with Crippen molar-refractivity contribution in [3.8, 4) is 0 Å². The summed E-state index contributed by atoms with van der Waals surface area (Å²) in [5, 5.41) is 11.8. The highest BCUT2D eigenvalue weighted by Gasteiger charge is 2.22. The molecule has 0 saturated carbocycles. The molecule has 1 aromatic carbocycles. The fourth-order valence-electron chi connectivity index (χ4n) is 3.39. The Labute approximate surface area is 140 Å². The van der Waals surface area contributed by atoms with Crippen molar-refractivity contribution in [1.82, 2.24) is 5.32 Å². The molecule has 2 N–H and O–H groups in total. The lowest BCUT2D eigenvalue weighted by molar-refractivity contribution is -0.121. The van der Waals surface area contributed by atoms with Crippen molar-refractivity contribution in [2.75, 3.05) is 0 Å². The molecule has 5 nitrogen and oxygen atoms in total. The molecule has 2 aromatic rings. The maximum Gasteiger partial charge on any atom is 0.339 e. The third-order valence-corrected chi connectivity index (χ3v) is 4.58. The van der Waals surface area contributed by atoms with Crippen molar-refractivity contribution >= 4 is 11.9 Å². The summed E-state index contributed by atoms with van der Waals surface area (Å²) in [6.45, 7) is 1.81. The highest BCUT2D eigenvalue weighted by Crippen LogP contribution is 2.33. The Morgan fingerprint density at radius 1 is 1.33 bits per heavy atom. The number of fused-ring (bicyclic) bond motifs is 1. The number of hydrogen-bond donors (Lipinski definition) is 2. The normalized spacial score (nSPS) is 16.5. The second-order valence-electron chi connectivity index (χ2n) is 6.26. The molecule has 0 bridgehead atoms. The van der Waals surface area contributed by atoms with E-state index in [1.807, 2.05) is 12.1 Å². The molecule has 1 aliphatic carbocycles. The first kappa shape index (κ1) is 16.3. The van der Waals surface area contributed by atoms with Gasteiger partial charge in [0.2, 0.25) is 5.91 Å². The molecule has 1 heterocycles. The fourth-order valence-corrected chi connectivity index (χ4v) is 3.39. The van der Waals surface area contributed by atoms with Gasteiger partial charge in [-0.3, -0.25) is 4.79 Å². The number of furan rings is 1. The maximum absolute atomic E-state index is 12.3. The van der Waals surface area contributed by atoms with Crippen LogP contribution in [0.4, 0.5) is 0 Å². The van der Waals surface area contributed by atoms with Crippen molar-refractivity contribution in [2.24, 2.45) is 0 Å². The van der Waals surface area contributed by atoms with E-state index in [4.69, 9.17) is 9.52 Å².